The van der Waals surface area contributed by atoms with Gasteiger partial charge in [0.15, 0.2) is 0 Å². The molecule has 0 radical (unpaired) electrons. The third-order valence-electron chi connectivity index (χ3n) is 3.22. The number of methoxy groups -OCH3 is 1. The van der Waals surface area contributed by atoms with E-state index in [0.717, 1.165) is 6.42 Å². The van der Waals surface area contributed by atoms with Crippen molar-refractivity contribution in [1.29, 1.82) is 0 Å². The highest BCUT2D eigenvalue weighted by Crippen LogP contribution is 2.48. The number of ether oxygens (including phenoxy) is 1. The molecule has 1 fully saturated rings. The van der Waals surface area contributed by atoms with E-state index >= 15 is 0 Å². The summed E-state index contributed by atoms with van der Waals surface area (Å²) in [5.74, 6) is -2.27. The average molecular weight is 196 g/mol. The number of fused-ring (bicyclic) bond motifs is 2. The van der Waals surface area contributed by atoms with E-state index < -0.39 is 23.8 Å². The molecular formula is C10H12O4. The highest BCUT2D eigenvalue weighted by Gasteiger charge is 2.52. The predicted molar refractivity (Wildman–Crippen MR) is 47.4 cm³/mol. The number of hydrogen-bond acceptors (Lipinski definition) is 3. The second-order valence-electron chi connectivity index (χ2n) is 3.86. The van der Waals surface area contributed by atoms with Crippen LogP contribution >= 0.6 is 0 Å². The number of esters is 1. The lowest BCUT2D eigenvalue weighted by Gasteiger charge is -2.21. The van der Waals surface area contributed by atoms with Crippen molar-refractivity contribution in [3.05, 3.63) is 12.2 Å². The van der Waals surface area contributed by atoms with Gasteiger partial charge in [-0.15, -0.1) is 0 Å². The molecule has 0 aliphatic heterocycles. The standard InChI is InChI=1S/C10H12O4/c1-14-10(13)8-6-3-2-5(4-6)7(8)9(11)12/h2-3,5-8H,4H2,1H3,(H,11,12)/t5-,6+,7+,8+/m0/s1. The summed E-state index contributed by atoms with van der Waals surface area (Å²) in [5, 5.41) is 9.01. The molecule has 2 aliphatic carbocycles. The Hall–Kier alpha value is -1.32. The Balaban J connectivity index is 2.26. The Labute approximate surface area is 81.6 Å². The molecule has 0 unspecified atom stereocenters. The summed E-state index contributed by atoms with van der Waals surface area (Å²) < 4.78 is 4.63. The van der Waals surface area contributed by atoms with Crippen molar-refractivity contribution in [1.82, 2.24) is 0 Å². The van der Waals surface area contributed by atoms with Crippen molar-refractivity contribution < 1.29 is 19.4 Å². The quantitative estimate of drug-likeness (QED) is 0.521. The smallest absolute Gasteiger partial charge is 0.310 e. The minimum absolute atomic E-state index is 0.0154. The summed E-state index contributed by atoms with van der Waals surface area (Å²) in [7, 11) is 1.30. The normalized spacial score (nSPS) is 38.6. The van der Waals surface area contributed by atoms with Gasteiger partial charge in [-0.1, -0.05) is 12.2 Å². The number of aliphatic carboxylic acids is 1. The number of allylic oxidation sites excluding steroid dienone is 2. The molecule has 1 saturated carbocycles. The third-order valence-corrected chi connectivity index (χ3v) is 3.22. The Kier molecular flexibility index (Phi) is 2.06. The maximum absolute atomic E-state index is 11.4. The van der Waals surface area contributed by atoms with Gasteiger partial charge < -0.3 is 9.84 Å². The summed E-state index contributed by atoms with van der Waals surface area (Å²) in [5.41, 5.74) is 0. The maximum Gasteiger partial charge on any atom is 0.310 e. The molecule has 0 spiro atoms. The zero-order valence-corrected chi connectivity index (χ0v) is 7.84. The minimum atomic E-state index is -0.891. The molecule has 0 aromatic heterocycles. The van der Waals surface area contributed by atoms with Crippen LogP contribution in [0.5, 0.6) is 0 Å². The lowest BCUT2D eigenvalue weighted by Crippen LogP contribution is -2.33. The summed E-state index contributed by atoms with van der Waals surface area (Å²) in [6.45, 7) is 0. The molecule has 2 aliphatic rings. The lowest BCUT2D eigenvalue weighted by molar-refractivity contribution is -0.156. The van der Waals surface area contributed by atoms with Gasteiger partial charge in [0, 0.05) is 0 Å². The Morgan fingerprint density at radius 1 is 1.29 bits per heavy atom. The van der Waals surface area contributed by atoms with E-state index in [9.17, 15) is 9.59 Å². The molecule has 0 aromatic rings. The van der Waals surface area contributed by atoms with Crippen molar-refractivity contribution in [2.24, 2.45) is 23.7 Å². The molecule has 0 saturated heterocycles. The first-order chi connectivity index (χ1) is 6.65. The van der Waals surface area contributed by atoms with Gasteiger partial charge in [-0.3, -0.25) is 9.59 Å². The van der Waals surface area contributed by atoms with Crippen LogP contribution in [0.2, 0.25) is 0 Å². The fourth-order valence-corrected chi connectivity index (χ4v) is 2.62. The molecule has 76 valence electrons. The summed E-state index contributed by atoms with van der Waals surface area (Å²) in [6, 6.07) is 0. The highest BCUT2D eigenvalue weighted by molar-refractivity contribution is 5.83. The summed E-state index contributed by atoms with van der Waals surface area (Å²) >= 11 is 0. The van der Waals surface area contributed by atoms with Gasteiger partial charge in [-0.25, -0.2) is 0 Å². The molecule has 4 heteroatoms. The minimum Gasteiger partial charge on any atom is -0.481 e. The summed E-state index contributed by atoms with van der Waals surface area (Å²) in [4.78, 5) is 22.4. The predicted octanol–water partition coefficient (Wildman–Crippen LogP) is 0.682. The monoisotopic (exact) mass is 196 g/mol. The molecule has 14 heavy (non-hydrogen) atoms. The van der Waals surface area contributed by atoms with E-state index in [4.69, 9.17) is 5.11 Å². The number of carboxylic acids is 1. The van der Waals surface area contributed by atoms with Crippen LogP contribution in [0.3, 0.4) is 0 Å². The molecule has 2 rings (SSSR count). The van der Waals surface area contributed by atoms with Crippen LogP contribution in [0.25, 0.3) is 0 Å². The molecule has 4 nitrogen and oxygen atoms in total. The van der Waals surface area contributed by atoms with E-state index in [1.807, 2.05) is 12.2 Å². The topological polar surface area (TPSA) is 63.6 Å². The van der Waals surface area contributed by atoms with Gasteiger partial charge in [0.25, 0.3) is 0 Å². The van der Waals surface area contributed by atoms with E-state index in [1.165, 1.54) is 7.11 Å². The number of carbonyl (C=O) groups is 2. The average Bonchev–Trinajstić information content (AvgIpc) is 2.74. The highest BCUT2D eigenvalue weighted by atomic mass is 16.5. The maximum atomic E-state index is 11.4. The van der Waals surface area contributed by atoms with Crippen LogP contribution in [0.1, 0.15) is 6.42 Å². The third kappa shape index (κ3) is 1.14. The van der Waals surface area contributed by atoms with E-state index in [1.54, 1.807) is 0 Å². The van der Waals surface area contributed by atoms with Gasteiger partial charge in [0.05, 0.1) is 18.9 Å². The van der Waals surface area contributed by atoms with Crippen LogP contribution < -0.4 is 0 Å². The van der Waals surface area contributed by atoms with Gasteiger partial charge in [-0.05, 0) is 18.3 Å². The number of rotatable bonds is 2. The Morgan fingerprint density at radius 3 is 2.36 bits per heavy atom. The fourth-order valence-electron chi connectivity index (χ4n) is 2.62. The lowest BCUT2D eigenvalue weighted by atomic mass is 9.83. The van der Waals surface area contributed by atoms with Crippen molar-refractivity contribution in [2.75, 3.05) is 7.11 Å². The zero-order valence-electron chi connectivity index (χ0n) is 7.84. The van der Waals surface area contributed by atoms with Crippen molar-refractivity contribution in [2.45, 2.75) is 6.42 Å². The number of carboxylic acid groups (broad SMARTS) is 1. The second-order valence-corrected chi connectivity index (χ2v) is 3.86. The van der Waals surface area contributed by atoms with Crippen LogP contribution in [0, 0.1) is 23.7 Å². The van der Waals surface area contributed by atoms with Gasteiger partial charge in [0.2, 0.25) is 0 Å². The molecular weight excluding hydrogens is 184 g/mol. The first-order valence-electron chi connectivity index (χ1n) is 4.64. The van der Waals surface area contributed by atoms with Gasteiger partial charge in [0.1, 0.15) is 0 Å². The van der Waals surface area contributed by atoms with Crippen molar-refractivity contribution in [3.63, 3.8) is 0 Å². The molecule has 4 atom stereocenters. The molecule has 0 aromatic carbocycles. The Morgan fingerprint density at radius 2 is 1.86 bits per heavy atom. The van der Waals surface area contributed by atoms with Gasteiger partial charge in [-0.2, -0.15) is 0 Å². The summed E-state index contributed by atoms with van der Waals surface area (Å²) in [6.07, 6.45) is 4.62. The van der Waals surface area contributed by atoms with Crippen LogP contribution in [0.15, 0.2) is 12.2 Å². The van der Waals surface area contributed by atoms with E-state index in [0.29, 0.717) is 0 Å². The number of carbonyl (C=O) groups excluding carboxylic acids is 1. The largest absolute Gasteiger partial charge is 0.481 e. The molecule has 2 bridgehead atoms. The number of hydrogen-bond donors (Lipinski definition) is 1. The SMILES string of the molecule is COC(=O)[C@H]1[C@H](C(=O)O)[C@H]2C=C[C@@H]1C2. The zero-order chi connectivity index (χ0) is 10.3. The van der Waals surface area contributed by atoms with Gasteiger partial charge >= 0.3 is 11.9 Å². The van der Waals surface area contributed by atoms with Crippen molar-refractivity contribution in [3.8, 4) is 0 Å². The van der Waals surface area contributed by atoms with Crippen LogP contribution in [-0.4, -0.2) is 24.2 Å². The fraction of sp³-hybridized carbons (Fsp3) is 0.600. The molecule has 1 N–H and O–H groups in total. The first kappa shape index (κ1) is 9.24. The van der Waals surface area contributed by atoms with Crippen LogP contribution in [0.4, 0.5) is 0 Å². The Bertz CT molecular complexity index is 307. The van der Waals surface area contributed by atoms with E-state index in [-0.39, 0.29) is 11.8 Å². The first-order valence-corrected chi connectivity index (χ1v) is 4.64. The van der Waals surface area contributed by atoms with Crippen LogP contribution in [-0.2, 0) is 14.3 Å². The van der Waals surface area contributed by atoms with Crippen molar-refractivity contribution >= 4 is 11.9 Å². The molecule has 0 heterocycles. The van der Waals surface area contributed by atoms with E-state index in [2.05, 4.69) is 4.74 Å². The second kappa shape index (κ2) is 3.12. The molecule has 0 amide bonds.